The number of aliphatic hydroxyl groups is 3. The number of aliphatic hydroxyl groups excluding tert-OH is 3. The van der Waals surface area contributed by atoms with Gasteiger partial charge in [0.2, 0.25) is 0 Å². The molecule has 134 valence electrons. The minimum Gasteiger partial charge on any atom is -0.395 e. The van der Waals surface area contributed by atoms with Crippen LogP contribution in [-0.2, 0) is 43.2 Å². The molecular weight excluding hydrogens is 374 g/mol. The molecule has 0 aromatic heterocycles. The molecule has 0 aromatic carbocycles. The van der Waals surface area contributed by atoms with Crippen molar-refractivity contribution in [3.05, 3.63) is 0 Å². The first-order valence-corrected chi connectivity index (χ1v) is 10.1. The topological polar surface area (TPSA) is 194 Å². The zero-order valence-corrected chi connectivity index (χ0v) is 13.4. The Kier molecular flexibility index (Phi) is 8.83. The van der Waals surface area contributed by atoms with E-state index < -0.39 is 72.8 Å². The van der Waals surface area contributed by atoms with Gasteiger partial charge in [-0.15, -0.1) is 12.9 Å². The van der Waals surface area contributed by atoms with E-state index in [1.54, 1.807) is 0 Å². The van der Waals surface area contributed by atoms with Crippen molar-refractivity contribution in [3.63, 3.8) is 0 Å². The number of hydrogen-bond donors (Lipinski definition) is 3. The van der Waals surface area contributed by atoms with Crippen LogP contribution < -0.4 is 0 Å². The summed E-state index contributed by atoms with van der Waals surface area (Å²) in [6.45, 7) is -2.74. The fourth-order valence-corrected chi connectivity index (χ4v) is 2.51. The van der Waals surface area contributed by atoms with Crippen molar-refractivity contribution in [1.82, 2.24) is 5.39 Å². The lowest BCUT2D eigenvalue weighted by atomic mass is 10.9. The first kappa shape index (κ1) is 21.6. The van der Waals surface area contributed by atoms with Crippen LogP contribution in [0.4, 0.5) is 0 Å². The molecule has 0 spiro atoms. The molecule has 16 heteroatoms. The molecule has 0 heterocycles. The van der Waals surface area contributed by atoms with Crippen molar-refractivity contribution in [2.45, 2.75) is 0 Å². The summed E-state index contributed by atoms with van der Waals surface area (Å²) in [7, 11) is -13.9. The van der Waals surface area contributed by atoms with Gasteiger partial charge in [0.1, 0.15) is 22.6 Å². The molecule has 22 heavy (non-hydrogen) atoms. The van der Waals surface area contributed by atoms with Crippen LogP contribution in [0.15, 0.2) is 0 Å². The molecule has 0 aliphatic carbocycles. The first-order valence-electron chi connectivity index (χ1n) is 5.36. The second-order valence-corrected chi connectivity index (χ2v) is 8.42. The minimum atomic E-state index is -4.63. The summed E-state index contributed by atoms with van der Waals surface area (Å²) >= 11 is 0. The Balaban J connectivity index is 5.24. The Morgan fingerprint density at radius 2 is 0.818 bits per heavy atom. The minimum absolute atomic E-state index is 0.818. The van der Waals surface area contributed by atoms with Crippen LogP contribution in [0.3, 0.4) is 0 Å². The fraction of sp³-hybridized carbons (Fsp3) is 1.00. The molecule has 3 N–H and O–H groups in total. The van der Waals surface area contributed by atoms with Gasteiger partial charge in [0.25, 0.3) is 30.4 Å². The summed E-state index contributed by atoms with van der Waals surface area (Å²) in [5, 5.41) is 24.6. The summed E-state index contributed by atoms with van der Waals surface area (Å²) in [4.78, 5) is 0. The molecule has 0 saturated heterocycles. The Labute approximate surface area is 126 Å². The van der Waals surface area contributed by atoms with E-state index in [0.29, 0.717) is 0 Å². The molecule has 13 nitrogen and oxygen atoms in total. The van der Waals surface area contributed by atoms with Crippen molar-refractivity contribution in [1.29, 1.82) is 0 Å². The highest BCUT2D eigenvalue weighted by atomic mass is 32.2. The molecule has 0 rings (SSSR count). The summed E-state index contributed by atoms with van der Waals surface area (Å²) in [6.07, 6.45) is 0. The van der Waals surface area contributed by atoms with Gasteiger partial charge in [-0.25, -0.2) is 0 Å². The number of rotatable bonds is 12. The lowest BCUT2D eigenvalue weighted by molar-refractivity contribution is -0.403. The van der Waals surface area contributed by atoms with Gasteiger partial charge in [-0.2, -0.15) is 25.3 Å². The van der Waals surface area contributed by atoms with Crippen LogP contribution >= 0.6 is 0 Å². The molecule has 0 aliphatic heterocycles. The average molecular weight is 389 g/mol. The van der Waals surface area contributed by atoms with Crippen LogP contribution in [0.1, 0.15) is 0 Å². The SMILES string of the molecule is O=S(=O)(CCO)ON(OS(=O)(=O)CCO)OS(=O)(=O)CCO. The van der Waals surface area contributed by atoms with Gasteiger partial charge in [0.05, 0.1) is 19.8 Å². The summed E-state index contributed by atoms with van der Waals surface area (Å²) < 4.78 is 79.3. The van der Waals surface area contributed by atoms with Crippen molar-refractivity contribution < 1.29 is 53.4 Å². The normalized spacial score (nSPS) is 13.6. The van der Waals surface area contributed by atoms with Crippen LogP contribution in [-0.4, -0.2) is 83.0 Å². The highest BCUT2D eigenvalue weighted by Crippen LogP contribution is 2.10. The van der Waals surface area contributed by atoms with Crippen molar-refractivity contribution >= 4 is 30.4 Å². The quantitative estimate of drug-likeness (QED) is 0.274. The standard InChI is InChI=1S/C6H15NO12S3/c8-1-4-20(11,12)17-7(18-21(13,14)5-2-9)19-22(15,16)6-3-10/h8-10H,1-6H2. The van der Waals surface area contributed by atoms with E-state index in [1.807, 2.05) is 0 Å². The summed E-state index contributed by atoms with van der Waals surface area (Å²) in [5.74, 6) is -3.05. The highest BCUT2D eigenvalue weighted by molar-refractivity contribution is 7.87. The molecule has 0 aliphatic rings. The summed E-state index contributed by atoms with van der Waals surface area (Å²) in [5.41, 5.74) is 0. The predicted octanol–water partition coefficient (Wildman–Crippen LogP) is -3.95. The van der Waals surface area contributed by atoms with Crippen LogP contribution in [0.5, 0.6) is 0 Å². The highest BCUT2D eigenvalue weighted by Gasteiger charge is 2.30. The van der Waals surface area contributed by atoms with Crippen molar-refractivity contribution in [2.24, 2.45) is 0 Å². The van der Waals surface area contributed by atoms with Crippen LogP contribution in [0.2, 0.25) is 0 Å². The first-order chi connectivity index (χ1) is 9.97. The van der Waals surface area contributed by atoms with Crippen LogP contribution in [0.25, 0.3) is 0 Å². The number of hydrogen-bond acceptors (Lipinski definition) is 13. The van der Waals surface area contributed by atoms with E-state index in [2.05, 4.69) is 12.9 Å². The zero-order valence-electron chi connectivity index (χ0n) is 10.9. The van der Waals surface area contributed by atoms with Gasteiger partial charge in [-0.1, -0.05) is 0 Å². The third-order valence-electron chi connectivity index (χ3n) is 1.55. The van der Waals surface area contributed by atoms with Gasteiger partial charge < -0.3 is 15.3 Å². The lowest BCUT2D eigenvalue weighted by Gasteiger charge is -2.17. The molecule has 0 atom stereocenters. The molecule has 0 unspecified atom stereocenters. The van der Waals surface area contributed by atoms with Crippen molar-refractivity contribution in [3.8, 4) is 0 Å². The van der Waals surface area contributed by atoms with Gasteiger partial charge in [-0.3, -0.25) is 0 Å². The second-order valence-electron chi connectivity index (χ2n) is 3.40. The number of nitrogens with zero attached hydrogens (tertiary/aromatic N) is 1. The van der Waals surface area contributed by atoms with Crippen LogP contribution in [0, 0.1) is 0 Å². The Morgan fingerprint density at radius 3 is 1.00 bits per heavy atom. The Bertz CT molecular complexity index is 531. The zero-order chi connectivity index (χ0) is 17.4. The lowest BCUT2D eigenvalue weighted by Crippen LogP contribution is -2.36. The molecule has 0 fully saturated rings. The van der Waals surface area contributed by atoms with Crippen molar-refractivity contribution in [2.75, 3.05) is 37.1 Å². The Hall–Kier alpha value is -0.430. The van der Waals surface area contributed by atoms with E-state index in [9.17, 15) is 25.3 Å². The van der Waals surface area contributed by atoms with Gasteiger partial charge in [0, 0.05) is 0 Å². The van der Waals surface area contributed by atoms with Gasteiger partial charge in [-0.05, 0) is 0 Å². The monoisotopic (exact) mass is 389 g/mol. The van der Waals surface area contributed by atoms with E-state index in [4.69, 9.17) is 15.3 Å². The van der Waals surface area contributed by atoms with Gasteiger partial charge in [0.15, 0.2) is 0 Å². The smallest absolute Gasteiger partial charge is 0.289 e. The molecule has 0 aromatic rings. The van der Waals surface area contributed by atoms with E-state index in [-0.39, 0.29) is 0 Å². The molecule has 0 bridgehead atoms. The fourth-order valence-electron chi connectivity index (χ4n) is 0.763. The largest absolute Gasteiger partial charge is 0.395 e. The molecule has 0 radical (unpaired) electrons. The average Bonchev–Trinajstić information content (AvgIpc) is 2.25. The predicted molar refractivity (Wildman–Crippen MR) is 67.7 cm³/mol. The van der Waals surface area contributed by atoms with E-state index in [0.717, 1.165) is 0 Å². The molecular formula is C6H15NO12S3. The van der Waals surface area contributed by atoms with E-state index >= 15 is 0 Å². The maximum Gasteiger partial charge on any atom is 0.289 e. The third-order valence-corrected chi connectivity index (χ3v) is 4.64. The Morgan fingerprint density at radius 1 is 0.591 bits per heavy atom. The second kappa shape index (κ2) is 9.01. The third kappa shape index (κ3) is 9.56. The van der Waals surface area contributed by atoms with E-state index in [1.165, 1.54) is 0 Å². The molecule has 0 amide bonds. The molecule has 0 saturated carbocycles. The maximum absolute atomic E-state index is 11.3. The maximum atomic E-state index is 11.3. The van der Waals surface area contributed by atoms with Gasteiger partial charge >= 0.3 is 0 Å². The summed E-state index contributed by atoms with van der Waals surface area (Å²) in [6, 6.07) is 0.